The fraction of sp³-hybridized carbons (Fsp3) is 0.733. The molecule has 1 fully saturated rings. The lowest BCUT2D eigenvalue weighted by molar-refractivity contribution is -0.139. The number of amides is 1. The standard InChI is InChI=1S/C15H26N2O4/c1-9-3-4-10(2)12(9)6-5-11(8-18)17-15(21)13(16)7-14(19)20/h5-6,9-13,18H,3-4,7-8,16H2,1-2H3,(H,17,21)(H,19,20)/t9?,10?,11?,12?,13-/m0/s1. The summed E-state index contributed by atoms with van der Waals surface area (Å²) in [5, 5.41) is 20.5. The molecule has 1 aliphatic rings. The highest BCUT2D eigenvalue weighted by Crippen LogP contribution is 2.37. The van der Waals surface area contributed by atoms with Crippen molar-refractivity contribution in [2.24, 2.45) is 23.5 Å². The molecule has 6 heteroatoms. The van der Waals surface area contributed by atoms with Gasteiger partial charge in [-0.25, -0.2) is 0 Å². The molecule has 0 saturated heterocycles. The lowest BCUT2D eigenvalue weighted by atomic mass is 9.91. The molecule has 6 nitrogen and oxygen atoms in total. The number of nitrogens with two attached hydrogens (primary N) is 1. The average Bonchev–Trinajstić information content (AvgIpc) is 2.73. The average molecular weight is 298 g/mol. The third-order valence-electron chi connectivity index (χ3n) is 4.21. The normalized spacial score (nSPS) is 28.5. The van der Waals surface area contributed by atoms with Crippen molar-refractivity contribution < 1.29 is 19.8 Å². The lowest BCUT2D eigenvalue weighted by Gasteiger charge is -2.19. The number of hydrogen-bond donors (Lipinski definition) is 4. The van der Waals surface area contributed by atoms with E-state index in [0.717, 1.165) is 0 Å². The van der Waals surface area contributed by atoms with Crippen LogP contribution in [0.1, 0.15) is 33.1 Å². The molecule has 0 aromatic heterocycles. The molecule has 0 heterocycles. The molecule has 0 bridgehead atoms. The van der Waals surface area contributed by atoms with Crippen LogP contribution in [0.25, 0.3) is 0 Å². The molecular weight excluding hydrogens is 272 g/mol. The van der Waals surface area contributed by atoms with Crippen LogP contribution in [-0.2, 0) is 9.59 Å². The summed E-state index contributed by atoms with van der Waals surface area (Å²) in [7, 11) is 0. The Labute approximate surface area is 125 Å². The quantitative estimate of drug-likeness (QED) is 0.511. The minimum absolute atomic E-state index is 0.239. The van der Waals surface area contributed by atoms with Crippen molar-refractivity contribution in [3.05, 3.63) is 12.2 Å². The van der Waals surface area contributed by atoms with Crippen molar-refractivity contribution >= 4 is 11.9 Å². The van der Waals surface area contributed by atoms with Crippen LogP contribution in [0.15, 0.2) is 12.2 Å². The maximum atomic E-state index is 11.7. The van der Waals surface area contributed by atoms with E-state index in [1.807, 2.05) is 6.08 Å². The van der Waals surface area contributed by atoms with Gasteiger partial charge in [0, 0.05) is 0 Å². The zero-order valence-corrected chi connectivity index (χ0v) is 12.7. The van der Waals surface area contributed by atoms with E-state index in [-0.39, 0.29) is 6.61 Å². The Morgan fingerprint density at radius 1 is 1.33 bits per heavy atom. The van der Waals surface area contributed by atoms with Crippen molar-refractivity contribution in [1.82, 2.24) is 5.32 Å². The van der Waals surface area contributed by atoms with Crippen molar-refractivity contribution in [2.75, 3.05) is 6.61 Å². The number of carbonyl (C=O) groups excluding carboxylic acids is 1. The molecule has 1 aliphatic carbocycles. The summed E-state index contributed by atoms with van der Waals surface area (Å²) >= 11 is 0. The van der Waals surface area contributed by atoms with E-state index in [1.165, 1.54) is 12.8 Å². The molecule has 0 radical (unpaired) electrons. The molecule has 0 spiro atoms. The Balaban J connectivity index is 2.54. The first-order valence-corrected chi connectivity index (χ1v) is 7.42. The summed E-state index contributed by atoms with van der Waals surface area (Å²) < 4.78 is 0. The second-order valence-electron chi connectivity index (χ2n) is 6.00. The van der Waals surface area contributed by atoms with Crippen molar-refractivity contribution in [2.45, 2.75) is 45.2 Å². The van der Waals surface area contributed by atoms with Gasteiger partial charge in [0.25, 0.3) is 0 Å². The Bertz CT molecular complexity index is 387. The van der Waals surface area contributed by atoms with E-state index in [1.54, 1.807) is 6.08 Å². The van der Waals surface area contributed by atoms with Gasteiger partial charge in [0.05, 0.1) is 25.1 Å². The number of carboxylic acids is 1. The molecule has 1 amide bonds. The maximum absolute atomic E-state index is 11.7. The number of rotatable bonds is 7. The molecular formula is C15H26N2O4. The number of hydrogen-bond acceptors (Lipinski definition) is 4. The van der Waals surface area contributed by atoms with Crippen LogP contribution < -0.4 is 11.1 Å². The Morgan fingerprint density at radius 2 is 1.90 bits per heavy atom. The van der Waals surface area contributed by atoms with Crippen LogP contribution in [0.2, 0.25) is 0 Å². The van der Waals surface area contributed by atoms with Crippen LogP contribution in [0, 0.1) is 17.8 Å². The highest BCUT2D eigenvalue weighted by atomic mass is 16.4. The Hall–Kier alpha value is -1.40. The molecule has 5 N–H and O–H groups in total. The van der Waals surface area contributed by atoms with E-state index in [2.05, 4.69) is 19.2 Å². The zero-order valence-electron chi connectivity index (χ0n) is 12.7. The smallest absolute Gasteiger partial charge is 0.305 e. The fourth-order valence-electron chi connectivity index (χ4n) is 2.84. The molecule has 0 aliphatic heterocycles. The van der Waals surface area contributed by atoms with Gasteiger partial charge in [-0.05, 0) is 30.6 Å². The molecule has 3 unspecified atom stereocenters. The number of carbonyl (C=O) groups is 2. The number of nitrogens with one attached hydrogen (secondary N) is 1. The topological polar surface area (TPSA) is 113 Å². The van der Waals surface area contributed by atoms with E-state index in [4.69, 9.17) is 10.8 Å². The summed E-state index contributed by atoms with van der Waals surface area (Å²) in [5.41, 5.74) is 5.48. The lowest BCUT2D eigenvalue weighted by Crippen LogP contribution is -2.46. The van der Waals surface area contributed by atoms with Gasteiger partial charge in [-0.3, -0.25) is 9.59 Å². The Kier molecular flexibility index (Phi) is 6.84. The first kappa shape index (κ1) is 17.7. The first-order valence-electron chi connectivity index (χ1n) is 7.42. The number of aliphatic carboxylic acids is 1. The van der Waals surface area contributed by atoms with Crippen LogP contribution in [0.4, 0.5) is 0 Å². The zero-order chi connectivity index (χ0) is 16.0. The number of allylic oxidation sites excluding steroid dienone is 1. The summed E-state index contributed by atoms with van der Waals surface area (Å²) in [6.45, 7) is 4.17. The molecule has 1 rings (SSSR count). The van der Waals surface area contributed by atoms with Gasteiger partial charge in [-0.15, -0.1) is 0 Å². The summed E-state index contributed by atoms with van der Waals surface area (Å²) in [6, 6.07) is -1.63. The molecule has 0 aromatic carbocycles. The first-order chi connectivity index (χ1) is 9.85. The van der Waals surface area contributed by atoms with Crippen LogP contribution in [-0.4, -0.2) is 40.8 Å². The number of aliphatic hydroxyl groups excluding tert-OH is 1. The van der Waals surface area contributed by atoms with Gasteiger partial charge in [0.1, 0.15) is 0 Å². The van der Waals surface area contributed by atoms with Gasteiger partial charge < -0.3 is 21.3 Å². The molecule has 0 aromatic rings. The maximum Gasteiger partial charge on any atom is 0.305 e. The summed E-state index contributed by atoms with van der Waals surface area (Å²) in [4.78, 5) is 22.2. The van der Waals surface area contributed by atoms with Crippen LogP contribution in [0.3, 0.4) is 0 Å². The van der Waals surface area contributed by atoms with E-state index in [0.29, 0.717) is 17.8 Å². The molecule has 120 valence electrons. The molecule has 4 atom stereocenters. The second kappa shape index (κ2) is 8.14. The largest absolute Gasteiger partial charge is 0.481 e. The number of aliphatic hydroxyl groups is 1. The Morgan fingerprint density at radius 3 is 2.38 bits per heavy atom. The third-order valence-corrected chi connectivity index (χ3v) is 4.21. The highest BCUT2D eigenvalue weighted by molar-refractivity contribution is 5.86. The molecule has 21 heavy (non-hydrogen) atoms. The summed E-state index contributed by atoms with van der Waals surface area (Å²) in [5.74, 6) is -0.0410. The molecule has 1 saturated carbocycles. The SMILES string of the molecule is CC1CCC(C)C1C=CC(CO)NC(=O)[C@@H](N)CC(=O)O. The predicted molar refractivity (Wildman–Crippen MR) is 79.4 cm³/mol. The van der Waals surface area contributed by atoms with E-state index >= 15 is 0 Å². The summed E-state index contributed by atoms with van der Waals surface area (Å²) in [6.07, 6.45) is 5.79. The second-order valence-corrected chi connectivity index (χ2v) is 6.00. The monoisotopic (exact) mass is 298 g/mol. The minimum Gasteiger partial charge on any atom is -0.481 e. The predicted octanol–water partition coefficient (Wildman–Crippen LogP) is 0.504. The van der Waals surface area contributed by atoms with E-state index in [9.17, 15) is 14.7 Å². The number of carboxylic acid groups (broad SMARTS) is 1. The van der Waals surface area contributed by atoms with Crippen LogP contribution >= 0.6 is 0 Å². The fourth-order valence-corrected chi connectivity index (χ4v) is 2.84. The minimum atomic E-state index is -1.12. The van der Waals surface area contributed by atoms with Gasteiger partial charge in [0.15, 0.2) is 0 Å². The van der Waals surface area contributed by atoms with E-state index < -0.39 is 30.4 Å². The van der Waals surface area contributed by atoms with Crippen molar-refractivity contribution in [3.63, 3.8) is 0 Å². The van der Waals surface area contributed by atoms with Gasteiger partial charge in [0.2, 0.25) is 5.91 Å². The highest BCUT2D eigenvalue weighted by Gasteiger charge is 2.28. The van der Waals surface area contributed by atoms with Gasteiger partial charge in [-0.2, -0.15) is 0 Å². The van der Waals surface area contributed by atoms with Crippen molar-refractivity contribution in [1.29, 1.82) is 0 Å². The van der Waals surface area contributed by atoms with Gasteiger partial charge in [-0.1, -0.05) is 26.0 Å². The van der Waals surface area contributed by atoms with Gasteiger partial charge >= 0.3 is 5.97 Å². The third kappa shape index (κ3) is 5.47. The van der Waals surface area contributed by atoms with Crippen molar-refractivity contribution in [3.8, 4) is 0 Å². The van der Waals surface area contributed by atoms with Crippen LogP contribution in [0.5, 0.6) is 0 Å².